The SMILES string of the molecule is CN1Cc2ccc(Cl)cc2CO1. The first-order valence-electron chi connectivity index (χ1n) is 3.87. The molecule has 0 amide bonds. The summed E-state index contributed by atoms with van der Waals surface area (Å²) in [5.41, 5.74) is 2.49. The lowest BCUT2D eigenvalue weighted by Crippen LogP contribution is -2.24. The van der Waals surface area contributed by atoms with Gasteiger partial charge in [-0.05, 0) is 23.3 Å². The van der Waals surface area contributed by atoms with Crippen LogP contribution in [0.25, 0.3) is 0 Å². The summed E-state index contributed by atoms with van der Waals surface area (Å²) in [6.07, 6.45) is 0. The highest BCUT2D eigenvalue weighted by Gasteiger charge is 2.13. The topological polar surface area (TPSA) is 12.5 Å². The Morgan fingerprint density at radius 2 is 2.25 bits per heavy atom. The molecule has 0 saturated carbocycles. The van der Waals surface area contributed by atoms with Crippen LogP contribution in [-0.2, 0) is 18.0 Å². The third-order valence-corrected chi connectivity index (χ3v) is 2.24. The highest BCUT2D eigenvalue weighted by molar-refractivity contribution is 6.30. The van der Waals surface area contributed by atoms with Crippen LogP contribution >= 0.6 is 11.6 Å². The van der Waals surface area contributed by atoms with Crippen molar-refractivity contribution in [2.75, 3.05) is 7.05 Å². The highest BCUT2D eigenvalue weighted by Crippen LogP contribution is 2.22. The molecule has 0 aliphatic carbocycles. The van der Waals surface area contributed by atoms with Crippen LogP contribution in [-0.4, -0.2) is 12.1 Å². The summed E-state index contributed by atoms with van der Waals surface area (Å²) in [4.78, 5) is 5.33. The molecule has 0 N–H and O–H groups in total. The summed E-state index contributed by atoms with van der Waals surface area (Å²) in [6.45, 7) is 1.47. The molecule has 0 atom stereocenters. The van der Waals surface area contributed by atoms with E-state index in [9.17, 15) is 0 Å². The van der Waals surface area contributed by atoms with Gasteiger partial charge in [-0.3, -0.25) is 4.84 Å². The van der Waals surface area contributed by atoms with Crippen molar-refractivity contribution < 1.29 is 4.84 Å². The van der Waals surface area contributed by atoms with Gasteiger partial charge in [0.25, 0.3) is 0 Å². The molecule has 1 aliphatic heterocycles. The van der Waals surface area contributed by atoms with E-state index < -0.39 is 0 Å². The van der Waals surface area contributed by atoms with Crippen LogP contribution in [0, 0.1) is 0 Å². The van der Waals surface area contributed by atoms with Gasteiger partial charge < -0.3 is 0 Å². The monoisotopic (exact) mass is 183 g/mol. The molecule has 12 heavy (non-hydrogen) atoms. The molecule has 0 aromatic heterocycles. The van der Waals surface area contributed by atoms with Gasteiger partial charge in [0.1, 0.15) is 0 Å². The number of nitrogens with zero attached hydrogens (tertiary/aromatic N) is 1. The Hall–Kier alpha value is -0.570. The first-order valence-corrected chi connectivity index (χ1v) is 4.25. The third-order valence-electron chi connectivity index (χ3n) is 2.00. The summed E-state index contributed by atoms with van der Waals surface area (Å²) in [5.74, 6) is 0. The number of benzene rings is 1. The molecule has 1 aliphatic rings. The Kier molecular flexibility index (Phi) is 2.05. The van der Waals surface area contributed by atoms with Crippen molar-refractivity contribution >= 4 is 11.6 Å². The number of hydrogen-bond donors (Lipinski definition) is 0. The molecule has 0 bridgehead atoms. The molecule has 0 spiro atoms. The van der Waals surface area contributed by atoms with E-state index in [0.29, 0.717) is 6.61 Å². The molecule has 0 unspecified atom stereocenters. The van der Waals surface area contributed by atoms with Gasteiger partial charge in [-0.2, -0.15) is 5.06 Å². The summed E-state index contributed by atoms with van der Waals surface area (Å²) < 4.78 is 0. The van der Waals surface area contributed by atoms with E-state index in [1.165, 1.54) is 11.1 Å². The molecule has 64 valence electrons. The minimum absolute atomic E-state index is 0.631. The van der Waals surface area contributed by atoms with Crippen molar-refractivity contribution in [2.24, 2.45) is 0 Å². The summed E-state index contributed by atoms with van der Waals surface area (Å²) in [5, 5.41) is 2.61. The molecule has 2 rings (SSSR count). The van der Waals surface area contributed by atoms with Gasteiger partial charge in [0.05, 0.1) is 6.61 Å². The van der Waals surface area contributed by atoms with Gasteiger partial charge in [-0.15, -0.1) is 0 Å². The molecule has 0 fully saturated rings. The fourth-order valence-corrected chi connectivity index (χ4v) is 1.54. The van der Waals surface area contributed by atoms with Crippen molar-refractivity contribution in [1.29, 1.82) is 0 Å². The van der Waals surface area contributed by atoms with Crippen LogP contribution in [0.1, 0.15) is 11.1 Å². The molecular formula is C9H10ClNO. The van der Waals surface area contributed by atoms with E-state index in [0.717, 1.165) is 11.6 Å². The lowest BCUT2D eigenvalue weighted by molar-refractivity contribution is -0.168. The van der Waals surface area contributed by atoms with E-state index >= 15 is 0 Å². The maximum atomic E-state index is 5.84. The van der Waals surface area contributed by atoms with Crippen molar-refractivity contribution in [2.45, 2.75) is 13.2 Å². The summed E-state index contributed by atoms with van der Waals surface area (Å²) in [7, 11) is 1.93. The lowest BCUT2D eigenvalue weighted by Gasteiger charge is -2.24. The quantitative estimate of drug-likeness (QED) is 0.612. The average Bonchev–Trinajstić information content (AvgIpc) is 2.05. The molecule has 1 aromatic rings. The number of rotatable bonds is 0. The van der Waals surface area contributed by atoms with Crippen molar-refractivity contribution in [3.8, 4) is 0 Å². The van der Waals surface area contributed by atoms with Gasteiger partial charge in [0.2, 0.25) is 0 Å². The average molecular weight is 184 g/mol. The van der Waals surface area contributed by atoms with Crippen LogP contribution in [0.15, 0.2) is 18.2 Å². The number of hydrogen-bond acceptors (Lipinski definition) is 2. The normalized spacial score (nSPS) is 17.5. The second kappa shape index (κ2) is 3.05. The van der Waals surface area contributed by atoms with Gasteiger partial charge >= 0.3 is 0 Å². The van der Waals surface area contributed by atoms with Crippen molar-refractivity contribution in [1.82, 2.24) is 5.06 Å². The Morgan fingerprint density at radius 1 is 1.42 bits per heavy atom. The predicted molar refractivity (Wildman–Crippen MR) is 47.7 cm³/mol. The number of fused-ring (bicyclic) bond motifs is 1. The maximum Gasteiger partial charge on any atom is 0.0939 e. The van der Waals surface area contributed by atoms with E-state index in [1.54, 1.807) is 0 Å². The molecule has 2 nitrogen and oxygen atoms in total. The molecule has 0 saturated heterocycles. The Morgan fingerprint density at radius 3 is 3.08 bits per heavy atom. The summed E-state index contributed by atoms with van der Waals surface area (Å²) >= 11 is 5.84. The molecule has 1 heterocycles. The van der Waals surface area contributed by atoms with E-state index in [2.05, 4.69) is 6.07 Å². The van der Waals surface area contributed by atoms with Crippen LogP contribution < -0.4 is 0 Å². The van der Waals surface area contributed by atoms with Crippen LogP contribution in [0.5, 0.6) is 0 Å². The Bertz CT molecular complexity index is 301. The minimum Gasteiger partial charge on any atom is -0.294 e. The van der Waals surface area contributed by atoms with Crippen LogP contribution in [0.4, 0.5) is 0 Å². The summed E-state index contributed by atoms with van der Waals surface area (Å²) in [6, 6.07) is 5.93. The molecule has 3 heteroatoms. The van der Waals surface area contributed by atoms with Gasteiger partial charge in [0, 0.05) is 18.6 Å². The van der Waals surface area contributed by atoms with Crippen molar-refractivity contribution in [3.63, 3.8) is 0 Å². The smallest absolute Gasteiger partial charge is 0.0939 e. The van der Waals surface area contributed by atoms with Gasteiger partial charge in [0.15, 0.2) is 0 Å². The zero-order valence-electron chi connectivity index (χ0n) is 6.88. The zero-order valence-corrected chi connectivity index (χ0v) is 7.64. The Balaban J connectivity index is 2.37. The maximum absolute atomic E-state index is 5.84. The van der Waals surface area contributed by atoms with Gasteiger partial charge in [-0.1, -0.05) is 17.7 Å². The number of hydroxylamine groups is 2. The Labute approximate surface area is 76.7 Å². The van der Waals surface area contributed by atoms with E-state index in [-0.39, 0.29) is 0 Å². The lowest BCUT2D eigenvalue weighted by atomic mass is 10.1. The number of halogens is 1. The zero-order chi connectivity index (χ0) is 8.55. The van der Waals surface area contributed by atoms with E-state index in [4.69, 9.17) is 16.4 Å². The highest BCUT2D eigenvalue weighted by atomic mass is 35.5. The standard InChI is InChI=1S/C9H10ClNO/c1-11-5-7-2-3-9(10)4-8(7)6-12-11/h2-4H,5-6H2,1H3. The van der Waals surface area contributed by atoms with Crippen LogP contribution in [0.3, 0.4) is 0 Å². The minimum atomic E-state index is 0.631. The van der Waals surface area contributed by atoms with Crippen LogP contribution in [0.2, 0.25) is 5.02 Å². The predicted octanol–water partition coefficient (Wildman–Crippen LogP) is 2.22. The second-order valence-electron chi connectivity index (χ2n) is 2.97. The second-order valence-corrected chi connectivity index (χ2v) is 3.41. The largest absolute Gasteiger partial charge is 0.294 e. The molecule has 1 aromatic carbocycles. The van der Waals surface area contributed by atoms with E-state index in [1.807, 2.05) is 24.2 Å². The third kappa shape index (κ3) is 1.46. The molecular weight excluding hydrogens is 174 g/mol. The first kappa shape index (κ1) is 8.05. The fraction of sp³-hybridized carbons (Fsp3) is 0.333. The molecule has 0 radical (unpaired) electrons. The fourth-order valence-electron chi connectivity index (χ4n) is 1.35. The van der Waals surface area contributed by atoms with Gasteiger partial charge in [-0.25, -0.2) is 0 Å². The van der Waals surface area contributed by atoms with Crippen molar-refractivity contribution in [3.05, 3.63) is 34.3 Å². The first-order chi connectivity index (χ1) is 5.75.